The Hall–Kier alpha value is -1.85. The Kier molecular flexibility index (Phi) is 3.64. The highest BCUT2D eigenvalue weighted by Gasteiger charge is 2.16. The van der Waals surface area contributed by atoms with Crippen molar-refractivity contribution in [1.29, 1.82) is 0 Å². The number of anilines is 1. The Labute approximate surface area is 109 Å². The molecule has 4 nitrogen and oxygen atoms in total. The van der Waals surface area contributed by atoms with Gasteiger partial charge in [-0.15, -0.1) is 11.3 Å². The lowest BCUT2D eigenvalue weighted by molar-refractivity contribution is 0.0703. The second-order valence-electron chi connectivity index (χ2n) is 4.03. The van der Waals surface area contributed by atoms with Crippen molar-refractivity contribution in [3.05, 3.63) is 41.3 Å². The van der Waals surface area contributed by atoms with E-state index in [0.717, 1.165) is 10.4 Å². The Bertz CT molecular complexity index is 549. The van der Waals surface area contributed by atoms with Gasteiger partial charge in [0.25, 0.3) is 0 Å². The Morgan fingerprint density at radius 1 is 1.28 bits per heavy atom. The standard InChI is InChI=1S/C13H14N2O2S/c1-15(2)14-10-8-11(18-12(10)13(16)17)9-6-4-3-5-7-9/h3-8,14H,1-2H3,(H,16,17). The van der Waals surface area contributed by atoms with Crippen molar-refractivity contribution in [1.82, 2.24) is 5.01 Å². The largest absolute Gasteiger partial charge is 0.477 e. The van der Waals surface area contributed by atoms with Crippen LogP contribution >= 0.6 is 11.3 Å². The quantitative estimate of drug-likeness (QED) is 0.832. The van der Waals surface area contributed by atoms with E-state index in [1.807, 2.05) is 50.5 Å². The minimum absolute atomic E-state index is 0.322. The van der Waals surface area contributed by atoms with Gasteiger partial charge in [-0.2, -0.15) is 0 Å². The number of hydrogen-bond donors (Lipinski definition) is 2. The van der Waals surface area contributed by atoms with Crippen molar-refractivity contribution in [3.8, 4) is 10.4 Å². The Morgan fingerprint density at radius 3 is 2.50 bits per heavy atom. The van der Waals surface area contributed by atoms with E-state index in [1.165, 1.54) is 11.3 Å². The maximum Gasteiger partial charge on any atom is 0.348 e. The van der Waals surface area contributed by atoms with Gasteiger partial charge in [0.1, 0.15) is 4.88 Å². The summed E-state index contributed by atoms with van der Waals surface area (Å²) in [5, 5.41) is 10.9. The monoisotopic (exact) mass is 262 g/mol. The topological polar surface area (TPSA) is 52.6 Å². The van der Waals surface area contributed by atoms with Crippen molar-refractivity contribution in [2.24, 2.45) is 0 Å². The van der Waals surface area contributed by atoms with E-state index in [4.69, 9.17) is 0 Å². The van der Waals surface area contributed by atoms with Crippen LogP contribution in [0.1, 0.15) is 9.67 Å². The van der Waals surface area contributed by atoms with E-state index in [9.17, 15) is 9.90 Å². The van der Waals surface area contributed by atoms with E-state index in [1.54, 1.807) is 5.01 Å². The summed E-state index contributed by atoms with van der Waals surface area (Å²) >= 11 is 1.27. The lowest BCUT2D eigenvalue weighted by atomic mass is 10.2. The van der Waals surface area contributed by atoms with Gasteiger partial charge >= 0.3 is 5.97 Å². The predicted molar refractivity (Wildman–Crippen MR) is 74.0 cm³/mol. The molecule has 2 rings (SSSR count). The van der Waals surface area contributed by atoms with Crippen LogP contribution < -0.4 is 5.43 Å². The molecule has 0 atom stereocenters. The van der Waals surface area contributed by atoms with Gasteiger partial charge in [0.05, 0.1) is 5.69 Å². The van der Waals surface area contributed by atoms with Crippen LogP contribution in [0.3, 0.4) is 0 Å². The molecule has 0 fully saturated rings. The molecule has 0 aliphatic rings. The lowest BCUT2D eigenvalue weighted by Crippen LogP contribution is -2.20. The highest BCUT2D eigenvalue weighted by atomic mass is 32.1. The van der Waals surface area contributed by atoms with Crippen LogP contribution in [0.5, 0.6) is 0 Å². The summed E-state index contributed by atoms with van der Waals surface area (Å²) in [4.78, 5) is 12.5. The molecule has 94 valence electrons. The molecule has 0 spiro atoms. The van der Waals surface area contributed by atoms with Gasteiger partial charge in [0.2, 0.25) is 0 Å². The molecule has 5 heteroatoms. The van der Waals surface area contributed by atoms with Crippen LogP contribution in [0.15, 0.2) is 36.4 Å². The fraction of sp³-hybridized carbons (Fsp3) is 0.154. The van der Waals surface area contributed by atoms with Crippen LogP contribution in [0.25, 0.3) is 10.4 Å². The second-order valence-corrected chi connectivity index (χ2v) is 5.08. The van der Waals surface area contributed by atoms with Crippen molar-refractivity contribution < 1.29 is 9.90 Å². The van der Waals surface area contributed by atoms with E-state index >= 15 is 0 Å². The number of aromatic carboxylic acids is 1. The first kappa shape index (κ1) is 12.6. The predicted octanol–water partition coefficient (Wildman–Crippen LogP) is 3.00. The second kappa shape index (κ2) is 5.20. The van der Waals surface area contributed by atoms with E-state index in [2.05, 4.69) is 5.43 Å². The minimum atomic E-state index is -0.911. The average molecular weight is 262 g/mol. The van der Waals surface area contributed by atoms with Crippen LogP contribution in [0, 0.1) is 0 Å². The van der Waals surface area contributed by atoms with Crippen molar-refractivity contribution in [3.63, 3.8) is 0 Å². The number of rotatable bonds is 4. The van der Waals surface area contributed by atoms with Crippen molar-refractivity contribution in [2.45, 2.75) is 0 Å². The molecule has 0 saturated carbocycles. The molecule has 2 N–H and O–H groups in total. The lowest BCUT2D eigenvalue weighted by Gasteiger charge is -2.12. The number of carboxylic acid groups (broad SMARTS) is 1. The van der Waals surface area contributed by atoms with Gasteiger partial charge in [-0.05, 0) is 11.6 Å². The average Bonchev–Trinajstić information content (AvgIpc) is 2.73. The first-order valence-corrected chi connectivity index (χ1v) is 6.26. The summed E-state index contributed by atoms with van der Waals surface area (Å²) in [5.41, 5.74) is 4.65. The number of nitrogens with one attached hydrogen (secondary N) is 1. The Morgan fingerprint density at radius 2 is 1.94 bits per heavy atom. The normalized spacial score (nSPS) is 10.6. The summed E-state index contributed by atoms with van der Waals surface area (Å²) in [6.45, 7) is 0. The molecule has 0 unspecified atom stereocenters. The highest BCUT2D eigenvalue weighted by Crippen LogP contribution is 2.34. The number of hydrazine groups is 1. The summed E-state index contributed by atoms with van der Waals surface area (Å²) in [7, 11) is 3.65. The van der Waals surface area contributed by atoms with Gasteiger partial charge in [-0.3, -0.25) is 0 Å². The number of hydrogen-bond acceptors (Lipinski definition) is 4. The third-order valence-corrected chi connectivity index (χ3v) is 3.50. The maximum atomic E-state index is 11.2. The molecule has 1 aromatic carbocycles. The number of benzene rings is 1. The molecule has 0 aliphatic carbocycles. The minimum Gasteiger partial charge on any atom is -0.477 e. The zero-order valence-corrected chi connectivity index (χ0v) is 11.0. The number of thiophene rings is 1. The summed E-state index contributed by atoms with van der Waals surface area (Å²) in [5.74, 6) is -0.911. The molecule has 1 heterocycles. The van der Waals surface area contributed by atoms with Crippen molar-refractivity contribution >= 4 is 23.0 Å². The van der Waals surface area contributed by atoms with E-state index in [0.29, 0.717) is 10.6 Å². The van der Waals surface area contributed by atoms with Crippen LogP contribution in [0.2, 0.25) is 0 Å². The van der Waals surface area contributed by atoms with Gasteiger partial charge in [0.15, 0.2) is 0 Å². The zero-order chi connectivity index (χ0) is 13.1. The zero-order valence-electron chi connectivity index (χ0n) is 10.2. The van der Waals surface area contributed by atoms with Crippen LogP contribution in [0.4, 0.5) is 5.69 Å². The number of carboxylic acids is 1. The molecule has 0 bridgehead atoms. The number of nitrogens with zero attached hydrogens (tertiary/aromatic N) is 1. The van der Waals surface area contributed by atoms with Gasteiger partial charge < -0.3 is 10.5 Å². The van der Waals surface area contributed by atoms with Crippen molar-refractivity contribution in [2.75, 3.05) is 19.5 Å². The molecule has 0 amide bonds. The molecule has 1 aromatic heterocycles. The van der Waals surface area contributed by atoms with E-state index < -0.39 is 5.97 Å². The fourth-order valence-corrected chi connectivity index (χ4v) is 2.57. The van der Waals surface area contributed by atoms with Gasteiger partial charge in [-0.1, -0.05) is 30.3 Å². The molecule has 0 radical (unpaired) electrons. The van der Waals surface area contributed by atoms with E-state index in [-0.39, 0.29) is 0 Å². The summed E-state index contributed by atoms with van der Waals surface area (Å²) in [6.07, 6.45) is 0. The molecular weight excluding hydrogens is 248 g/mol. The number of carbonyl (C=O) groups is 1. The molecular formula is C13H14N2O2S. The molecule has 2 aromatic rings. The smallest absolute Gasteiger partial charge is 0.348 e. The summed E-state index contributed by atoms with van der Waals surface area (Å²) in [6, 6.07) is 11.6. The summed E-state index contributed by atoms with van der Waals surface area (Å²) < 4.78 is 0. The van der Waals surface area contributed by atoms with Crippen LogP contribution in [-0.4, -0.2) is 30.2 Å². The van der Waals surface area contributed by atoms with Crippen LogP contribution in [-0.2, 0) is 0 Å². The fourth-order valence-electron chi connectivity index (χ4n) is 1.62. The first-order chi connectivity index (χ1) is 8.58. The first-order valence-electron chi connectivity index (χ1n) is 5.44. The third-order valence-electron chi connectivity index (χ3n) is 2.33. The molecule has 0 aliphatic heterocycles. The highest BCUT2D eigenvalue weighted by molar-refractivity contribution is 7.18. The van der Waals surface area contributed by atoms with Gasteiger partial charge in [-0.25, -0.2) is 9.80 Å². The van der Waals surface area contributed by atoms with Gasteiger partial charge in [0, 0.05) is 19.0 Å². The molecule has 0 saturated heterocycles. The SMILES string of the molecule is CN(C)Nc1cc(-c2ccccc2)sc1C(=O)O. The maximum absolute atomic E-state index is 11.2. The third kappa shape index (κ3) is 2.69. The Balaban J connectivity index is 2.42. The molecule has 18 heavy (non-hydrogen) atoms.